The van der Waals surface area contributed by atoms with Crippen LogP contribution in [0.4, 0.5) is 14.5 Å². The molecule has 0 amide bonds. The van der Waals surface area contributed by atoms with E-state index in [0.717, 1.165) is 5.56 Å². The minimum atomic E-state index is -3.78. The summed E-state index contributed by atoms with van der Waals surface area (Å²) in [4.78, 5) is 0.105. The molecule has 8 heteroatoms. The van der Waals surface area contributed by atoms with E-state index in [4.69, 9.17) is 4.74 Å². The second-order valence-electron chi connectivity index (χ2n) is 4.74. The SMILES string of the molecule is Cc1ccc(S(=O)(=O)Nc2cccc(OCC(F)F)c2Br)cc1. The molecule has 1 N–H and O–H groups in total. The van der Waals surface area contributed by atoms with Crippen molar-refractivity contribution in [3.8, 4) is 5.75 Å². The average molecular weight is 406 g/mol. The molecule has 0 radical (unpaired) electrons. The van der Waals surface area contributed by atoms with Gasteiger partial charge in [-0.15, -0.1) is 0 Å². The van der Waals surface area contributed by atoms with Gasteiger partial charge in [0.25, 0.3) is 16.4 Å². The molecule has 2 rings (SSSR count). The zero-order valence-electron chi connectivity index (χ0n) is 12.1. The molecule has 2 aromatic rings. The number of nitrogens with one attached hydrogen (secondary N) is 1. The van der Waals surface area contributed by atoms with E-state index >= 15 is 0 Å². The van der Waals surface area contributed by atoms with E-state index in [1.165, 1.54) is 30.3 Å². The minimum absolute atomic E-state index is 0.105. The van der Waals surface area contributed by atoms with Crippen molar-refractivity contribution in [2.45, 2.75) is 18.2 Å². The number of rotatable bonds is 6. The van der Waals surface area contributed by atoms with Crippen molar-refractivity contribution < 1.29 is 21.9 Å². The van der Waals surface area contributed by atoms with Gasteiger partial charge in [0.2, 0.25) is 0 Å². The number of ether oxygens (including phenoxy) is 1. The van der Waals surface area contributed by atoms with E-state index in [9.17, 15) is 17.2 Å². The fraction of sp³-hybridized carbons (Fsp3) is 0.200. The number of sulfonamides is 1. The smallest absolute Gasteiger partial charge is 0.272 e. The van der Waals surface area contributed by atoms with Crippen molar-refractivity contribution in [1.82, 2.24) is 0 Å². The Morgan fingerprint density at radius 3 is 2.43 bits per heavy atom. The van der Waals surface area contributed by atoms with Crippen LogP contribution < -0.4 is 9.46 Å². The van der Waals surface area contributed by atoms with E-state index in [1.54, 1.807) is 12.1 Å². The molecular weight excluding hydrogens is 392 g/mol. The van der Waals surface area contributed by atoms with Gasteiger partial charge in [-0.2, -0.15) is 0 Å². The van der Waals surface area contributed by atoms with Crippen molar-refractivity contribution in [3.63, 3.8) is 0 Å². The maximum absolute atomic E-state index is 12.3. The van der Waals surface area contributed by atoms with E-state index < -0.39 is 23.1 Å². The Hall–Kier alpha value is -1.67. The quantitative estimate of drug-likeness (QED) is 0.783. The summed E-state index contributed by atoms with van der Waals surface area (Å²) in [6.45, 7) is 1.08. The average Bonchev–Trinajstić information content (AvgIpc) is 2.48. The molecule has 0 saturated carbocycles. The van der Waals surface area contributed by atoms with Crippen LogP contribution in [0.3, 0.4) is 0 Å². The lowest BCUT2D eigenvalue weighted by Crippen LogP contribution is -2.14. The second-order valence-corrected chi connectivity index (χ2v) is 7.21. The van der Waals surface area contributed by atoms with Gasteiger partial charge >= 0.3 is 0 Å². The standard InChI is InChI=1S/C15H14BrF2NO3S/c1-10-5-7-11(8-6-10)23(20,21)19-12-3-2-4-13(15(12)16)22-9-14(17)18/h2-8,14,19H,9H2,1H3. The highest BCUT2D eigenvalue weighted by atomic mass is 79.9. The van der Waals surface area contributed by atoms with Crippen LogP contribution in [-0.4, -0.2) is 21.5 Å². The molecule has 4 nitrogen and oxygen atoms in total. The Bertz CT molecular complexity index is 780. The predicted molar refractivity (Wildman–Crippen MR) is 87.6 cm³/mol. The highest BCUT2D eigenvalue weighted by molar-refractivity contribution is 9.10. The molecule has 0 aliphatic rings. The summed E-state index contributed by atoms with van der Waals surface area (Å²) in [5, 5.41) is 0. The number of hydrogen-bond donors (Lipinski definition) is 1. The van der Waals surface area contributed by atoms with E-state index in [2.05, 4.69) is 20.7 Å². The predicted octanol–water partition coefficient (Wildman–Crippen LogP) is 4.20. The molecule has 2 aromatic carbocycles. The first-order chi connectivity index (χ1) is 10.8. The lowest BCUT2D eigenvalue weighted by atomic mass is 10.2. The summed E-state index contributed by atoms with van der Waals surface area (Å²) in [5.74, 6) is 0.134. The minimum Gasteiger partial charge on any atom is -0.486 e. The molecule has 0 aromatic heterocycles. The number of benzene rings is 2. The lowest BCUT2D eigenvalue weighted by molar-refractivity contribution is 0.0816. The molecule has 124 valence electrons. The van der Waals surface area contributed by atoms with E-state index in [-0.39, 0.29) is 20.8 Å². The largest absolute Gasteiger partial charge is 0.486 e. The van der Waals surface area contributed by atoms with Crippen LogP contribution >= 0.6 is 15.9 Å². The Morgan fingerprint density at radius 1 is 1.17 bits per heavy atom. The molecule has 0 unspecified atom stereocenters. The Labute approximate surface area is 141 Å². The molecule has 0 bridgehead atoms. The lowest BCUT2D eigenvalue weighted by Gasteiger charge is -2.13. The first-order valence-corrected chi connectivity index (χ1v) is 8.86. The number of hydrogen-bond acceptors (Lipinski definition) is 3. The maximum atomic E-state index is 12.3. The first kappa shape index (κ1) is 17.7. The first-order valence-electron chi connectivity index (χ1n) is 6.58. The van der Waals surface area contributed by atoms with Crippen molar-refractivity contribution in [3.05, 3.63) is 52.5 Å². The molecule has 0 spiro atoms. The van der Waals surface area contributed by atoms with Crippen LogP contribution in [-0.2, 0) is 10.0 Å². The fourth-order valence-electron chi connectivity index (χ4n) is 1.77. The highest BCUT2D eigenvalue weighted by Crippen LogP contribution is 2.34. The summed E-state index contributed by atoms with van der Waals surface area (Å²) < 4.78 is 56.8. The number of anilines is 1. The van der Waals surface area contributed by atoms with Crippen molar-refractivity contribution >= 4 is 31.6 Å². The third-order valence-corrected chi connectivity index (χ3v) is 5.10. The summed E-state index contributed by atoms with van der Waals surface area (Å²) in [6, 6.07) is 10.8. The molecule has 23 heavy (non-hydrogen) atoms. The molecule has 0 aliphatic carbocycles. The van der Waals surface area contributed by atoms with Gasteiger partial charge in [0.05, 0.1) is 15.1 Å². The van der Waals surface area contributed by atoms with E-state index in [0.29, 0.717) is 0 Å². The van der Waals surface area contributed by atoms with Crippen molar-refractivity contribution in [2.24, 2.45) is 0 Å². The zero-order valence-corrected chi connectivity index (χ0v) is 14.5. The fourth-order valence-corrected chi connectivity index (χ4v) is 3.46. The zero-order chi connectivity index (χ0) is 17.0. The Kier molecular flexibility index (Phi) is 5.59. The Morgan fingerprint density at radius 2 is 1.83 bits per heavy atom. The van der Waals surface area contributed by atoms with E-state index in [1.807, 2.05) is 6.92 Å². The maximum Gasteiger partial charge on any atom is 0.272 e. The molecule has 0 saturated heterocycles. The van der Waals surface area contributed by atoms with Crippen molar-refractivity contribution in [2.75, 3.05) is 11.3 Å². The van der Waals surface area contributed by atoms with Gasteiger partial charge in [0.1, 0.15) is 12.4 Å². The van der Waals surface area contributed by atoms with Crippen LogP contribution in [0.5, 0.6) is 5.75 Å². The van der Waals surface area contributed by atoms with Gasteiger partial charge in [-0.1, -0.05) is 23.8 Å². The van der Waals surface area contributed by atoms with Gasteiger partial charge in [0.15, 0.2) is 0 Å². The highest BCUT2D eigenvalue weighted by Gasteiger charge is 2.17. The summed E-state index contributed by atoms with van der Waals surface area (Å²) in [5.41, 5.74) is 1.14. The molecule has 0 heterocycles. The van der Waals surface area contributed by atoms with Gasteiger partial charge < -0.3 is 4.74 Å². The van der Waals surface area contributed by atoms with Crippen LogP contribution in [0.2, 0.25) is 0 Å². The summed E-state index contributed by atoms with van der Waals surface area (Å²) in [7, 11) is -3.78. The summed E-state index contributed by atoms with van der Waals surface area (Å²) >= 11 is 3.17. The molecule has 0 aliphatic heterocycles. The third kappa shape index (κ3) is 4.65. The Balaban J connectivity index is 2.25. The number of alkyl halides is 2. The van der Waals surface area contributed by atoms with Gasteiger partial charge in [0, 0.05) is 0 Å². The topological polar surface area (TPSA) is 55.4 Å². The van der Waals surface area contributed by atoms with Crippen LogP contribution in [0.25, 0.3) is 0 Å². The van der Waals surface area contributed by atoms with Crippen LogP contribution in [0.1, 0.15) is 5.56 Å². The monoisotopic (exact) mass is 405 g/mol. The molecule has 0 fully saturated rings. The molecule has 0 atom stereocenters. The number of aryl methyl sites for hydroxylation is 1. The number of halogens is 3. The van der Waals surface area contributed by atoms with Gasteiger partial charge in [-0.3, -0.25) is 4.72 Å². The van der Waals surface area contributed by atoms with Gasteiger partial charge in [-0.25, -0.2) is 17.2 Å². The molecular formula is C15H14BrF2NO3S. The second kappa shape index (κ2) is 7.27. The van der Waals surface area contributed by atoms with Crippen LogP contribution in [0, 0.1) is 6.92 Å². The van der Waals surface area contributed by atoms with Gasteiger partial charge in [-0.05, 0) is 47.1 Å². The van der Waals surface area contributed by atoms with Crippen molar-refractivity contribution in [1.29, 1.82) is 0 Å². The third-order valence-electron chi connectivity index (χ3n) is 2.90. The normalized spacial score (nSPS) is 11.5. The van der Waals surface area contributed by atoms with Crippen LogP contribution in [0.15, 0.2) is 51.8 Å². The summed E-state index contributed by atoms with van der Waals surface area (Å²) in [6.07, 6.45) is -2.62.